The number of fused-ring (bicyclic) bond motifs is 3. The van der Waals surface area contributed by atoms with E-state index in [1.165, 1.54) is 15.5 Å². The number of aromatic nitrogens is 3. The number of likely N-dealkylation sites (N-methyl/N-ethyl adjacent to an activating group) is 1. The van der Waals surface area contributed by atoms with E-state index in [4.69, 9.17) is 4.42 Å². The van der Waals surface area contributed by atoms with Gasteiger partial charge in [0.25, 0.3) is 0 Å². The van der Waals surface area contributed by atoms with Crippen LogP contribution in [0.5, 0.6) is 0 Å². The van der Waals surface area contributed by atoms with Crippen molar-refractivity contribution in [3.63, 3.8) is 0 Å². The summed E-state index contributed by atoms with van der Waals surface area (Å²) >= 11 is 0. The molecule has 1 saturated carbocycles. The Labute approximate surface area is 138 Å². The molecule has 1 aliphatic carbocycles. The number of hydrogen-bond donors (Lipinski definition) is 0. The zero-order valence-corrected chi connectivity index (χ0v) is 13.6. The molecule has 7 heteroatoms. The largest absolute Gasteiger partial charge is 0.422 e. The van der Waals surface area contributed by atoms with Gasteiger partial charge in [-0.15, -0.1) is 5.10 Å². The summed E-state index contributed by atoms with van der Waals surface area (Å²) in [6, 6.07) is 7.54. The summed E-state index contributed by atoms with van der Waals surface area (Å²) in [5.41, 5.74) is 0.923. The van der Waals surface area contributed by atoms with Crippen LogP contribution in [0.25, 0.3) is 16.9 Å². The van der Waals surface area contributed by atoms with Gasteiger partial charge in [0.05, 0.1) is 5.52 Å². The monoisotopic (exact) mass is 328 g/mol. The van der Waals surface area contributed by atoms with Crippen LogP contribution in [-0.2, 0) is 11.3 Å². The highest BCUT2D eigenvalue weighted by Crippen LogP contribution is 2.22. The summed E-state index contributed by atoms with van der Waals surface area (Å²) in [5, 5.41) is 4.17. The van der Waals surface area contributed by atoms with Crippen LogP contribution in [0.3, 0.4) is 0 Å². The smallest absolute Gasteiger partial charge is 0.353 e. The van der Waals surface area contributed by atoms with Crippen molar-refractivity contribution in [2.75, 3.05) is 7.05 Å². The minimum Gasteiger partial charge on any atom is -0.422 e. The molecule has 0 atom stereocenters. The molecule has 4 rings (SSSR count). The molecule has 24 heavy (non-hydrogen) atoms. The summed E-state index contributed by atoms with van der Waals surface area (Å²) in [6.45, 7) is -0.0582. The number of rotatable bonds is 3. The van der Waals surface area contributed by atoms with Crippen molar-refractivity contribution in [1.82, 2.24) is 19.1 Å². The second kappa shape index (κ2) is 5.81. The fourth-order valence-electron chi connectivity index (χ4n) is 3.50. The molecule has 7 nitrogen and oxygen atoms in total. The van der Waals surface area contributed by atoms with Gasteiger partial charge >= 0.3 is 11.5 Å². The number of benzene rings is 1. The molecule has 2 aromatic heterocycles. The molecule has 0 bridgehead atoms. The highest BCUT2D eigenvalue weighted by Gasteiger charge is 2.24. The van der Waals surface area contributed by atoms with Gasteiger partial charge in [-0.2, -0.15) is 0 Å². The average molecular weight is 328 g/mol. The summed E-state index contributed by atoms with van der Waals surface area (Å²) in [7, 11) is 1.82. The number of hydrogen-bond acceptors (Lipinski definition) is 4. The first-order valence-electron chi connectivity index (χ1n) is 8.38. The molecule has 0 spiro atoms. The lowest BCUT2D eigenvalue weighted by atomic mass is 9.94. The minimum atomic E-state index is -0.347. The van der Waals surface area contributed by atoms with Crippen molar-refractivity contribution in [2.24, 2.45) is 0 Å². The maximum absolute atomic E-state index is 12.6. The Hall–Kier alpha value is -2.57. The van der Waals surface area contributed by atoms with E-state index < -0.39 is 0 Å². The molecule has 0 radical (unpaired) electrons. The van der Waals surface area contributed by atoms with Crippen molar-refractivity contribution in [3.8, 4) is 0 Å². The molecule has 2 heterocycles. The molecule has 0 saturated heterocycles. The molecule has 1 amide bonds. The van der Waals surface area contributed by atoms with Gasteiger partial charge in [0, 0.05) is 13.1 Å². The summed E-state index contributed by atoms with van der Waals surface area (Å²) in [6.07, 6.45) is 5.63. The second-order valence-electron chi connectivity index (χ2n) is 6.42. The van der Waals surface area contributed by atoms with Gasteiger partial charge < -0.3 is 9.32 Å². The van der Waals surface area contributed by atoms with Crippen molar-refractivity contribution in [1.29, 1.82) is 0 Å². The fraction of sp³-hybridized carbons (Fsp3) is 0.471. The van der Waals surface area contributed by atoms with Crippen LogP contribution in [0, 0.1) is 0 Å². The van der Waals surface area contributed by atoms with Crippen LogP contribution in [0.15, 0.2) is 33.5 Å². The van der Waals surface area contributed by atoms with E-state index in [1.54, 1.807) is 17.0 Å². The van der Waals surface area contributed by atoms with Crippen molar-refractivity contribution in [3.05, 3.63) is 34.7 Å². The van der Waals surface area contributed by atoms with Gasteiger partial charge in [-0.25, -0.2) is 13.9 Å². The van der Waals surface area contributed by atoms with Gasteiger partial charge in [0.15, 0.2) is 5.58 Å². The zero-order chi connectivity index (χ0) is 16.7. The van der Waals surface area contributed by atoms with E-state index in [0.29, 0.717) is 11.1 Å². The van der Waals surface area contributed by atoms with Crippen LogP contribution < -0.4 is 5.69 Å². The highest BCUT2D eigenvalue weighted by atomic mass is 16.4. The van der Waals surface area contributed by atoms with Gasteiger partial charge in [0.2, 0.25) is 5.91 Å². The highest BCUT2D eigenvalue weighted by molar-refractivity contribution is 5.77. The number of oxazole rings is 1. The van der Waals surface area contributed by atoms with Gasteiger partial charge in [-0.05, 0) is 25.0 Å². The standard InChI is InChI=1S/C17H20N4O3/c1-19(12-7-3-2-4-8-12)15(22)11-20-17(23)21-13-9-5-6-10-14(13)24-16(21)18-20/h5-6,9-10,12H,2-4,7-8,11H2,1H3. The number of para-hydroxylation sites is 2. The SMILES string of the molecule is CN(C(=O)Cn1nc2oc3ccccc3n2c1=O)C1CCCCC1. The zero-order valence-electron chi connectivity index (χ0n) is 13.6. The molecule has 1 aromatic carbocycles. The van der Waals surface area contributed by atoms with Gasteiger partial charge in [-0.3, -0.25) is 4.79 Å². The molecule has 126 valence electrons. The minimum absolute atomic E-state index is 0.0582. The molecular weight excluding hydrogens is 308 g/mol. The second-order valence-corrected chi connectivity index (χ2v) is 6.42. The number of carbonyl (C=O) groups excluding carboxylic acids is 1. The Bertz CT molecular complexity index is 946. The quantitative estimate of drug-likeness (QED) is 0.737. The molecule has 0 aliphatic heterocycles. The Morgan fingerprint density at radius 1 is 1.29 bits per heavy atom. The third-order valence-electron chi connectivity index (χ3n) is 4.92. The Morgan fingerprint density at radius 2 is 2.04 bits per heavy atom. The van der Waals surface area contributed by atoms with E-state index in [-0.39, 0.29) is 30.0 Å². The van der Waals surface area contributed by atoms with Crippen molar-refractivity contribution < 1.29 is 9.21 Å². The molecule has 0 unspecified atom stereocenters. The van der Waals surface area contributed by atoms with Crippen LogP contribution in [0.2, 0.25) is 0 Å². The van der Waals surface area contributed by atoms with Crippen LogP contribution in [0.4, 0.5) is 0 Å². The maximum Gasteiger partial charge on any atom is 0.353 e. The fourth-order valence-corrected chi connectivity index (χ4v) is 3.50. The van der Waals surface area contributed by atoms with E-state index >= 15 is 0 Å². The van der Waals surface area contributed by atoms with Crippen LogP contribution in [-0.4, -0.2) is 38.1 Å². The van der Waals surface area contributed by atoms with E-state index in [0.717, 1.165) is 25.7 Å². The van der Waals surface area contributed by atoms with Gasteiger partial charge in [0.1, 0.15) is 6.54 Å². The predicted octanol–water partition coefficient (Wildman–Crippen LogP) is 2.03. The predicted molar refractivity (Wildman–Crippen MR) is 88.9 cm³/mol. The molecule has 3 aromatic rings. The molecule has 1 aliphatic rings. The lowest BCUT2D eigenvalue weighted by Gasteiger charge is -2.31. The third kappa shape index (κ3) is 2.40. The number of carbonyl (C=O) groups is 1. The third-order valence-corrected chi connectivity index (χ3v) is 4.92. The van der Waals surface area contributed by atoms with E-state index in [1.807, 2.05) is 19.2 Å². The number of nitrogens with zero attached hydrogens (tertiary/aromatic N) is 4. The van der Waals surface area contributed by atoms with E-state index in [2.05, 4.69) is 5.10 Å². The summed E-state index contributed by atoms with van der Waals surface area (Å²) < 4.78 is 8.17. The topological polar surface area (TPSA) is 72.8 Å². The Kier molecular flexibility index (Phi) is 3.63. The normalized spacial score (nSPS) is 16.0. The first kappa shape index (κ1) is 15.0. The van der Waals surface area contributed by atoms with Gasteiger partial charge in [-0.1, -0.05) is 31.4 Å². The van der Waals surface area contributed by atoms with E-state index in [9.17, 15) is 9.59 Å². The number of amides is 1. The van der Waals surface area contributed by atoms with Crippen LogP contribution >= 0.6 is 0 Å². The first-order valence-corrected chi connectivity index (χ1v) is 8.38. The molecule has 1 fully saturated rings. The average Bonchev–Trinajstić information content (AvgIpc) is 3.12. The lowest BCUT2D eigenvalue weighted by Crippen LogP contribution is -2.41. The Morgan fingerprint density at radius 3 is 2.83 bits per heavy atom. The molecular formula is C17H20N4O3. The lowest BCUT2D eigenvalue weighted by molar-refractivity contribution is -0.133. The summed E-state index contributed by atoms with van der Waals surface area (Å²) in [5.74, 6) is 0.128. The Balaban J connectivity index is 1.61. The summed E-state index contributed by atoms with van der Waals surface area (Å²) in [4.78, 5) is 26.9. The van der Waals surface area contributed by atoms with Crippen LogP contribution in [0.1, 0.15) is 32.1 Å². The van der Waals surface area contributed by atoms with Crippen molar-refractivity contribution in [2.45, 2.75) is 44.7 Å². The van der Waals surface area contributed by atoms with Crippen molar-refractivity contribution >= 4 is 22.9 Å². The molecule has 0 N–H and O–H groups in total. The maximum atomic E-state index is 12.6. The first-order chi connectivity index (χ1) is 11.6.